The summed E-state index contributed by atoms with van der Waals surface area (Å²) in [6.07, 6.45) is 8.06. The summed E-state index contributed by atoms with van der Waals surface area (Å²) >= 11 is 3.15. The number of benzene rings is 4. The summed E-state index contributed by atoms with van der Waals surface area (Å²) in [5, 5.41) is 2.39. The Morgan fingerprint density at radius 3 is 1.36 bits per heavy atom. The number of hydrogen-bond donors (Lipinski definition) is 0. The number of allylic oxidation sites excluding steroid dienone is 2. The van der Waals surface area contributed by atoms with E-state index < -0.39 is 0 Å². The van der Waals surface area contributed by atoms with Gasteiger partial charge in [-0.15, -0.1) is 22.7 Å². The maximum atomic E-state index is 13.0. The van der Waals surface area contributed by atoms with E-state index in [1.807, 2.05) is 12.1 Å². The molecule has 2 aliphatic rings. The number of hydrogen-bond acceptors (Lipinski definition) is 6. The fourth-order valence-corrected chi connectivity index (χ4v) is 9.50. The van der Waals surface area contributed by atoms with E-state index in [1.54, 1.807) is 83.4 Å². The van der Waals surface area contributed by atoms with E-state index in [9.17, 15) is 19.2 Å². The Hall–Kier alpha value is -5.76. The number of carbonyl (C=O) groups is 4. The molecule has 0 unspecified atom stereocenters. The zero-order valence-electron chi connectivity index (χ0n) is 29.0. The smallest absolute Gasteiger partial charge is 0.197 e. The van der Waals surface area contributed by atoms with Crippen LogP contribution < -0.4 is 0 Å². The van der Waals surface area contributed by atoms with Gasteiger partial charge in [0.25, 0.3) is 0 Å². The molecule has 0 saturated heterocycles. The summed E-state index contributed by atoms with van der Waals surface area (Å²) in [6.45, 7) is 3.12. The van der Waals surface area contributed by atoms with Crippen LogP contribution in [0, 0.1) is 0 Å². The number of thiophene rings is 2. The van der Waals surface area contributed by atoms with Crippen LogP contribution in [0.25, 0.3) is 54.8 Å². The highest BCUT2D eigenvalue weighted by Crippen LogP contribution is 2.39. The van der Waals surface area contributed by atoms with Crippen LogP contribution in [0.1, 0.15) is 83.8 Å². The topological polar surface area (TPSA) is 73.2 Å². The van der Waals surface area contributed by atoms with Gasteiger partial charge in [-0.05, 0) is 66.1 Å². The monoisotopic (exact) mass is 727 g/mol. The molecule has 3 aromatic heterocycles. The summed E-state index contributed by atoms with van der Waals surface area (Å²) in [5.74, 6) is -0.853. The minimum atomic E-state index is -0.213. The first-order valence-electron chi connectivity index (χ1n) is 18.0. The second-order valence-electron chi connectivity index (χ2n) is 13.6. The summed E-state index contributed by atoms with van der Waals surface area (Å²) in [4.78, 5) is 55.9. The van der Waals surface area contributed by atoms with Crippen LogP contribution in [-0.2, 0) is 6.54 Å². The second kappa shape index (κ2) is 13.3. The number of unbranched alkanes of at least 4 members (excludes halogenated alkanes) is 3. The molecule has 4 aromatic carbocycles. The first kappa shape index (κ1) is 33.1. The van der Waals surface area contributed by atoms with Crippen molar-refractivity contribution >= 4 is 79.8 Å². The number of rotatable bonds is 9. The van der Waals surface area contributed by atoms with E-state index >= 15 is 0 Å². The zero-order valence-corrected chi connectivity index (χ0v) is 30.6. The number of fused-ring (bicyclic) bond motifs is 5. The van der Waals surface area contributed by atoms with Gasteiger partial charge >= 0.3 is 0 Å². The van der Waals surface area contributed by atoms with Gasteiger partial charge in [0.2, 0.25) is 0 Å². The lowest BCUT2D eigenvalue weighted by molar-refractivity contribution is 0.0975. The second-order valence-corrected chi connectivity index (χ2v) is 15.8. The maximum Gasteiger partial charge on any atom is 0.197 e. The summed E-state index contributed by atoms with van der Waals surface area (Å²) in [6, 6.07) is 35.4. The molecule has 7 heteroatoms. The molecule has 0 aliphatic heterocycles. The Bertz CT molecular complexity index is 2500. The molecule has 5 nitrogen and oxygen atoms in total. The Morgan fingerprint density at radius 2 is 0.943 bits per heavy atom. The van der Waals surface area contributed by atoms with Crippen LogP contribution in [0.4, 0.5) is 0 Å². The summed E-state index contributed by atoms with van der Waals surface area (Å²) in [5.41, 5.74) is 6.86. The molecule has 258 valence electrons. The molecule has 0 amide bonds. The van der Waals surface area contributed by atoms with E-state index in [-0.39, 0.29) is 34.3 Å². The van der Waals surface area contributed by atoms with E-state index in [4.69, 9.17) is 0 Å². The molecule has 2 aliphatic carbocycles. The van der Waals surface area contributed by atoms with Crippen LogP contribution in [-0.4, -0.2) is 27.7 Å². The van der Waals surface area contributed by atoms with E-state index in [2.05, 4.69) is 60.0 Å². The lowest BCUT2D eigenvalue weighted by Gasteiger charge is -2.09. The van der Waals surface area contributed by atoms with Crippen LogP contribution >= 0.6 is 22.7 Å². The molecule has 7 aromatic rings. The van der Waals surface area contributed by atoms with Crippen molar-refractivity contribution in [3.05, 3.63) is 152 Å². The Balaban J connectivity index is 1.06. The molecule has 0 N–H and O–H groups in total. The standard InChI is InChI=1S/C46H33NO4S2/c1-2-3-4-9-22-47-39-23-27(41-20-16-29(52-41)25-37-43(48)33-10-5-6-11-34(33)44(37)49)14-18-31(39)32-19-15-28(24-40(32)47)42-21-17-30(53-42)26-38-45(50)35-12-7-8-13-36(35)46(38)51/h5-8,10-21,23-26H,2-4,9,22H2,1H3. The highest BCUT2D eigenvalue weighted by molar-refractivity contribution is 7.16. The van der Waals surface area contributed by atoms with Crippen molar-refractivity contribution < 1.29 is 19.2 Å². The predicted octanol–water partition coefficient (Wildman–Crippen LogP) is 11.8. The number of ketones is 4. The van der Waals surface area contributed by atoms with Gasteiger partial charge in [0.15, 0.2) is 23.1 Å². The molecule has 3 heterocycles. The fourth-order valence-electron chi connectivity index (χ4n) is 7.60. The first-order valence-corrected chi connectivity index (χ1v) is 19.6. The van der Waals surface area contributed by atoms with Crippen molar-refractivity contribution in [3.8, 4) is 20.9 Å². The average molecular weight is 728 g/mol. The number of aromatic nitrogens is 1. The maximum absolute atomic E-state index is 13.0. The number of aryl methyl sites for hydroxylation is 1. The molecule has 0 atom stereocenters. The van der Waals surface area contributed by atoms with Gasteiger partial charge in [0, 0.05) is 70.1 Å². The molecule has 0 spiro atoms. The predicted molar refractivity (Wildman–Crippen MR) is 216 cm³/mol. The summed E-state index contributed by atoms with van der Waals surface area (Å²) < 4.78 is 2.44. The minimum Gasteiger partial charge on any atom is -0.340 e. The van der Waals surface area contributed by atoms with Crippen LogP contribution in [0.3, 0.4) is 0 Å². The Labute approximate surface area is 314 Å². The summed E-state index contributed by atoms with van der Waals surface area (Å²) in [7, 11) is 0. The Kier molecular flexibility index (Phi) is 8.33. The van der Waals surface area contributed by atoms with Crippen LogP contribution in [0.2, 0.25) is 0 Å². The molecular weight excluding hydrogens is 695 g/mol. The normalized spacial score (nSPS) is 13.8. The molecule has 0 bridgehead atoms. The number of nitrogens with zero attached hydrogens (tertiary/aromatic N) is 1. The van der Waals surface area contributed by atoms with Gasteiger partial charge in [0.1, 0.15) is 0 Å². The highest BCUT2D eigenvalue weighted by Gasteiger charge is 2.33. The third kappa shape index (κ3) is 5.68. The van der Waals surface area contributed by atoms with E-state index in [1.165, 1.54) is 34.6 Å². The zero-order chi connectivity index (χ0) is 36.2. The quantitative estimate of drug-likeness (QED) is 0.0843. The van der Waals surface area contributed by atoms with Crippen molar-refractivity contribution in [1.29, 1.82) is 0 Å². The van der Waals surface area contributed by atoms with Gasteiger partial charge in [0.05, 0.1) is 11.1 Å². The highest BCUT2D eigenvalue weighted by atomic mass is 32.1. The van der Waals surface area contributed by atoms with E-state index in [0.717, 1.165) is 50.0 Å². The van der Waals surface area contributed by atoms with Crippen molar-refractivity contribution in [2.75, 3.05) is 0 Å². The average Bonchev–Trinajstić information content (AvgIpc) is 4.01. The first-order chi connectivity index (χ1) is 25.9. The molecule has 9 rings (SSSR count). The Morgan fingerprint density at radius 1 is 0.509 bits per heavy atom. The van der Waals surface area contributed by atoms with Crippen molar-refractivity contribution in [2.24, 2.45) is 0 Å². The third-order valence-electron chi connectivity index (χ3n) is 10.3. The largest absolute Gasteiger partial charge is 0.340 e. The van der Waals surface area contributed by atoms with Gasteiger partial charge < -0.3 is 4.57 Å². The number of Topliss-reactive ketones (excluding diaryl/α,β-unsaturated/α-hetero) is 4. The third-order valence-corrected chi connectivity index (χ3v) is 12.5. The fraction of sp³-hybridized carbons (Fsp3) is 0.130. The van der Waals surface area contributed by atoms with Gasteiger partial charge in [-0.1, -0.05) is 99.0 Å². The lowest BCUT2D eigenvalue weighted by atomic mass is 10.1. The van der Waals surface area contributed by atoms with Crippen LogP contribution in [0.5, 0.6) is 0 Å². The lowest BCUT2D eigenvalue weighted by Crippen LogP contribution is -1.99. The van der Waals surface area contributed by atoms with Crippen molar-refractivity contribution in [1.82, 2.24) is 4.57 Å². The number of carbonyl (C=O) groups excluding carboxylic acids is 4. The molecule has 53 heavy (non-hydrogen) atoms. The van der Waals surface area contributed by atoms with Crippen LogP contribution in [0.15, 0.2) is 120 Å². The molecule has 0 fully saturated rings. The minimum absolute atomic E-state index is 0.213. The van der Waals surface area contributed by atoms with E-state index in [0.29, 0.717) is 22.3 Å². The van der Waals surface area contributed by atoms with Gasteiger partial charge in [-0.25, -0.2) is 0 Å². The molecule has 0 radical (unpaired) electrons. The van der Waals surface area contributed by atoms with Gasteiger partial charge in [-0.3, -0.25) is 19.2 Å². The van der Waals surface area contributed by atoms with Gasteiger partial charge in [-0.2, -0.15) is 0 Å². The molecular formula is C46H33NO4S2. The van der Waals surface area contributed by atoms with Crippen molar-refractivity contribution in [2.45, 2.75) is 39.2 Å². The SMILES string of the molecule is CCCCCCn1c2cc(-c3ccc(C=C4C(=O)c5ccccc5C4=O)s3)ccc2c2ccc(-c3ccc(C=C4C(=O)c5ccccc5C4=O)s3)cc21. The van der Waals surface area contributed by atoms with Crippen molar-refractivity contribution in [3.63, 3.8) is 0 Å². The molecule has 0 saturated carbocycles.